The number of rotatable bonds is 8. The predicted octanol–water partition coefficient (Wildman–Crippen LogP) is 9.72. The second kappa shape index (κ2) is 12.0. The molecule has 4 rings (SSSR count). The number of hydrogen-bond acceptors (Lipinski definition) is 2. The first-order valence-electron chi connectivity index (χ1n) is 13.6. The summed E-state index contributed by atoms with van der Waals surface area (Å²) < 4.78 is 0. The van der Waals surface area contributed by atoms with Crippen molar-refractivity contribution in [1.29, 1.82) is 0 Å². The third-order valence-electron chi connectivity index (χ3n) is 8.06. The van der Waals surface area contributed by atoms with Crippen molar-refractivity contribution in [1.82, 2.24) is 0 Å². The normalized spacial score (nSPS) is 14.9. The van der Waals surface area contributed by atoms with E-state index in [-0.39, 0.29) is 5.41 Å². The Morgan fingerprint density at radius 1 is 0.806 bits per heavy atom. The minimum absolute atomic E-state index is 0.162. The molecule has 1 atom stereocenters. The van der Waals surface area contributed by atoms with Gasteiger partial charge in [-0.1, -0.05) is 107 Å². The van der Waals surface area contributed by atoms with E-state index in [1.165, 1.54) is 23.1 Å². The minimum atomic E-state index is 0.162. The van der Waals surface area contributed by atoms with Crippen LogP contribution < -0.4 is 4.90 Å². The highest BCUT2D eigenvalue weighted by molar-refractivity contribution is 6.05. The van der Waals surface area contributed by atoms with Crippen molar-refractivity contribution in [3.63, 3.8) is 0 Å². The van der Waals surface area contributed by atoms with Gasteiger partial charge in [-0.2, -0.15) is 0 Å². The Bertz CT molecular complexity index is 1160. The van der Waals surface area contributed by atoms with Crippen LogP contribution in [0.2, 0.25) is 0 Å². The number of benzene rings is 3. The lowest BCUT2D eigenvalue weighted by Gasteiger charge is -2.40. The molecular formula is C34H40N2. The zero-order chi connectivity index (χ0) is 25.4. The van der Waals surface area contributed by atoms with Gasteiger partial charge in [0.25, 0.3) is 0 Å². The first-order valence-corrected chi connectivity index (χ1v) is 13.6. The molecule has 0 N–H and O–H groups in total. The summed E-state index contributed by atoms with van der Waals surface area (Å²) in [5.74, 6) is 1.67. The lowest BCUT2D eigenvalue weighted by Crippen LogP contribution is -2.33. The SMILES string of the molecule is CCC(C)C(CC)(CC)c1ccccc1C1=CN=C(N(c2ccccc2)c2ccccc2)CCC=C1. The highest BCUT2D eigenvalue weighted by Gasteiger charge is 2.35. The number of allylic oxidation sites excluding steroid dienone is 3. The Hall–Kier alpha value is -3.39. The summed E-state index contributed by atoms with van der Waals surface area (Å²) in [5.41, 5.74) is 6.40. The van der Waals surface area contributed by atoms with E-state index in [4.69, 9.17) is 4.99 Å². The van der Waals surface area contributed by atoms with Crippen LogP contribution in [0.1, 0.15) is 70.9 Å². The van der Waals surface area contributed by atoms with Gasteiger partial charge in [-0.3, -0.25) is 4.90 Å². The second-order valence-corrected chi connectivity index (χ2v) is 9.80. The Labute approximate surface area is 218 Å². The molecule has 186 valence electrons. The van der Waals surface area contributed by atoms with Crippen LogP contribution in [0.3, 0.4) is 0 Å². The fourth-order valence-corrected chi connectivity index (χ4v) is 5.76. The highest BCUT2D eigenvalue weighted by atomic mass is 15.2. The van der Waals surface area contributed by atoms with Gasteiger partial charge in [-0.05, 0) is 71.6 Å². The zero-order valence-corrected chi connectivity index (χ0v) is 22.3. The number of nitrogens with zero attached hydrogens (tertiary/aromatic N) is 2. The average Bonchev–Trinajstić information content (AvgIpc) is 2.92. The number of hydrogen-bond donors (Lipinski definition) is 0. The highest BCUT2D eigenvalue weighted by Crippen LogP contribution is 2.44. The molecule has 1 aliphatic heterocycles. The summed E-state index contributed by atoms with van der Waals surface area (Å²) in [5, 5.41) is 0. The summed E-state index contributed by atoms with van der Waals surface area (Å²) in [6.45, 7) is 9.44. The summed E-state index contributed by atoms with van der Waals surface area (Å²) in [6, 6.07) is 30.2. The fraction of sp³-hybridized carbons (Fsp3) is 0.324. The first-order chi connectivity index (χ1) is 17.6. The third kappa shape index (κ3) is 5.23. The van der Waals surface area contributed by atoms with Crippen LogP contribution >= 0.6 is 0 Å². The standard InChI is InChI=1S/C34H40N2/c1-5-27(4)34(6-2,7-3)32-24-16-15-23-31(32)28-18-14-17-25-33(35-26-28)36(29-19-10-8-11-20-29)30-21-12-9-13-22-30/h8-16,18-24,26-27H,5-7,17,25H2,1-4H3. The molecule has 0 fully saturated rings. The maximum atomic E-state index is 5.16. The van der Waals surface area contributed by atoms with E-state index in [2.05, 4.69) is 136 Å². The summed E-state index contributed by atoms with van der Waals surface area (Å²) in [7, 11) is 0. The smallest absolute Gasteiger partial charge is 0.113 e. The van der Waals surface area contributed by atoms with Crippen molar-refractivity contribution in [2.45, 2.75) is 65.2 Å². The Balaban J connectivity index is 1.83. The van der Waals surface area contributed by atoms with E-state index < -0.39 is 0 Å². The van der Waals surface area contributed by atoms with Crippen LogP contribution in [-0.2, 0) is 5.41 Å². The van der Waals surface area contributed by atoms with E-state index in [0.717, 1.165) is 42.9 Å². The van der Waals surface area contributed by atoms with Crippen molar-refractivity contribution in [2.24, 2.45) is 10.9 Å². The quantitative estimate of drug-likeness (QED) is 0.316. The first kappa shape index (κ1) is 25.7. The molecule has 2 heteroatoms. The lowest BCUT2D eigenvalue weighted by atomic mass is 9.64. The maximum Gasteiger partial charge on any atom is 0.113 e. The molecule has 1 heterocycles. The van der Waals surface area contributed by atoms with Crippen molar-refractivity contribution >= 4 is 22.8 Å². The average molecular weight is 477 g/mol. The van der Waals surface area contributed by atoms with Gasteiger partial charge >= 0.3 is 0 Å². The molecule has 0 spiro atoms. The van der Waals surface area contributed by atoms with Gasteiger partial charge in [-0.15, -0.1) is 0 Å². The van der Waals surface area contributed by atoms with Crippen molar-refractivity contribution < 1.29 is 0 Å². The molecule has 0 bridgehead atoms. The van der Waals surface area contributed by atoms with Crippen molar-refractivity contribution in [3.8, 4) is 0 Å². The molecule has 3 aromatic carbocycles. The number of anilines is 2. The van der Waals surface area contributed by atoms with Gasteiger partial charge in [0.1, 0.15) is 5.84 Å². The molecule has 0 saturated carbocycles. The summed E-state index contributed by atoms with van der Waals surface area (Å²) >= 11 is 0. The van der Waals surface area contributed by atoms with E-state index in [1.807, 2.05) is 0 Å². The Kier molecular flexibility index (Phi) is 8.59. The molecular weight excluding hydrogens is 436 g/mol. The molecule has 0 saturated heterocycles. The summed E-state index contributed by atoms with van der Waals surface area (Å²) in [6.07, 6.45) is 12.0. The number of aliphatic imine (C=N–C) groups is 1. The molecule has 36 heavy (non-hydrogen) atoms. The van der Waals surface area contributed by atoms with Gasteiger partial charge in [0, 0.05) is 24.0 Å². The molecule has 2 nitrogen and oxygen atoms in total. The van der Waals surface area contributed by atoms with Gasteiger partial charge < -0.3 is 0 Å². The Morgan fingerprint density at radius 3 is 1.97 bits per heavy atom. The van der Waals surface area contributed by atoms with Crippen LogP contribution in [-0.4, -0.2) is 5.84 Å². The van der Waals surface area contributed by atoms with E-state index in [1.54, 1.807) is 0 Å². The van der Waals surface area contributed by atoms with Gasteiger partial charge in [0.05, 0.1) is 0 Å². The Morgan fingerprint density at radius 2 is 1.39 bits per heavy atom. The van der Waals surface area contributed by atoms with Crippen LogP contribution in [0.4, 0.5) is 11.4 Å². The molecule has 1 unspecified atom stereocenters. The predicted molar refractivity (Wildman–Crippen MR) is 157 cm³/mol. The van der Waals surface area contributed by atoms with Gasteiger partial charge in [0.2, 0.25) is 0 Å². The van der Waals surface area contributed by atoms with Crippen molar-refractivity contribution in [2.75, 3.05) is 4.90 Å². The molecule has 1 aliphatic rings. The molecule has 0 radical (unpaired) electrons. The van der Waals surface area contributed by atoms with E-state index in [9.17, 15) is 0 Å². The third-order valence-corrected chi connectivity index (χ3v) is 8.06. The van der Waals surface area contributed by atoms with Gasteiger partial charge in [-0.25, -0.2) is 4.99 Å². The monoisotopic (exact) mass is 476 g/mol. The lowest BCUT2D eigenvalue weighted by molar-refractivity contribution is 0.257. The largest absolute Gasteiger partial charge is 0.299 e. The molecule has 0 amide bonds. The second-order valence-electron chi connectivity index (χ2n) is 9.80. The van der Waals surface area contributed by atoms with Crippen LogP contribution in [0.5, 0.6) is 0 Å². The topological polar surface area (TPSA) is 15.6 Å². The van der Waals surface area contributed by atoms with Crippen LogP contribution in [0.15, 0.2) is 108 Å². The van der Waals surface area contributed by atoms with Crippen molar-refractivity contribution in [3.05, 3.63) is 114 Å². The van der Waals surface area contributed by atoms with Gasteiger partial charge in [0.15, 0.2) is 0 Å². The number of para-hydroxylation sites is 2. The van der Waals surface area contributed by atoms with Crippen LogP contribution in [0, 0.1) is 5.92 Å². The maximum absolute atomic E-state index is 5.16. The molecule has 0 aliphatic carbocycles. The number of amidine groups is 1. The molecule has 0 aromatic heterocycles. The summed E-state index contributed by atoms with van der Waals surface area (Å²) in [4.78, 5) is 7.46. The fourth-order valence-electron chi connectivity index (χ4n) is 5.76. The van der Waals surface area contributed by atoms with Crippen LogP contribution in [0.25, 0.3) is 5.57 Å². The van der Waals surface area contributed by atoms with E-state index in [0.29, 0.717) is 5.92 Å². The van der Waals surface area contributed by atoms with E-state index >= 15 is 0 Å². The minimum Gasteiger partial charge on any atom is -0.299 e. The zero-order valence-electron chi connectivity index (χ0n) is 22.3. The molecule has 3 aromatic rings.